The van der Waals surface area contributed by atoms with E-state index in [9.17, 15) is 4.79 Å². The van der Waals surface area contributed by atoms with Gasteiger partial charge in [-0.2, -0.15) is 5.10 Å². The molecule has 0 bridgehead atoms. The van der Waals surface area contributed by atoms with E-state index < -0.39 is 0 Å². The first kappa shape index (κ1) is 13.9. The standard InChI is InChI=1S/C16H21N3O2/c1-3-13-6-5-12(2)19(13)16(20)15-8-7-14(21-15)11-18-10-4-9-17-18/h4,7-10,12-13H,3,5-6,11H2,1-2H3. The average Bonchev–Trinajstić information content (AvgIpc) is 3.19. The number of carbonyl (C=O) groups is 1. The fraction of sp³-hybridized carbons (Fsp3) is 0.500. The maximum absolute atomic E-state index is 12.7. The summed E-state index contributed by atoms with van der Waals surface area (Å²) in [5, 5.41) is 4.14. The molecule has 1 amide bonds. The van der Waals surface area contributed by atoms with Crippen molar-refractivity contribution in [3.05, 3.63) is 42.1 Å². The molecule has 1 aliphatic heterocycles. The normalized spacial score (nSPS) is 21.9. The number of rotatable bonds is 4. The minimum atomic E-state index is 0.0126. The van der Waals surface area contributed by atoms with Gasteiger partial charge in [-0.05, 0) is 44.4 Å². The van der Waals surface area contributed by atoms with Gasteiger partial charge in [-0.25, -0.2) is 0 Å². The lowest BCUT2D eigenvalue weighted by Crippen LogP contribution is -2.39. The average molecular weight is 287 g/mol. The van der Waals surface area contributed by atoms with Gasteiger partial charge in [0.25, 0.3) is 5.91 Å². The van der Waals surface area contributed by atoms with Crippen LogP contribution >= 0.6 is 0 Å². The van der Waals surface area contributed by atoms with Crippen molar-refractivity contribution in [2.45, 2.75) is 51.7 Å². The van der Waals surface area contributed by atoms with E-state index in [1.807, 2.05) is 23.2 Å². The van der Waals surface area contributed by atoms with Crippen LogP contribution < -0.4 is 0 Å². The number of hydrogen-bond acceptors (Lipinski definition) is 3. The molecule has 0 radical (unpaired) electrons. The topological polar surface area (TPSA) is 51.3 Å². The predicted octanol–water partition coefficient (Wildman–Crippen LogP) is 2.93. The number of aromatic nitrogens is 2. The Kier molecular flexibility index (Phi) is 3.82. The van der Waals surface area contributed by atoms with Gasteiger partial charge in [-0.1, -0.05) is 6.92 Å². The van der Waals surface area contributed by atoms with Crippen LogP contribution in [-0.4, -0.2) is 32.7 Å². The molecular formula is C16H21N3O2. The summed E-state index contributed by atoms with van der Waals surface area (Å²) in [6.45, 7) is 4.79. The van der Waals surface area contributed by atoms with Crippen molar-refractivity contribution in [1.29, 1.82) is 0 Å². The summed E-state index contributed by atoms with van der Waals surface area (Å²) < 4.78 is 7.50. The van der Waals surface area contributed by atoms with Gasteiger partial charge in [-0.3, -0.25) is 9.48 Å². The lowest BCUT2D eigenvalue weighted by Gasteiger charge is -2.26. The monoisotopic (exact) mass is 287 g/mol. The predicted molar refractivity (Wildman–Crippen MR) is 79.0 cm³/mol. The van der Waals surface area contributed by atoms with Crippen LogP contribution in [0, 0.1) is 0 Å². The summed E-state index contributed by atoms with van der Waals surface area (Å²) in [7, 11) is 0. The molecule has 112 valence electrons. The van der Waals surface area contributed by atoms with Gasteiger partial charge in [0.05, 0.1) is 6.54 Å². The highest BCUT2D eigenvalue weighted by Crippen LogP contribution is 2.28. The van der Waals surface area contributed by atoms with Gasteiger partial charge in [-0.15, -0.1) is 0 Å². The lowest BCUT2D eigenvalue weighted by molar-refractivity contribution is 0.0641. The van der Waals surface area contributed by atoms with Crippen LogP contribution in [0.3, 0.4) is 0 Å². The molecule has 0 saturated carbocycles. The van der Waals surface area contributed by atoms with Crippen LogP contribution in [0.5, 0.6) is 0 Å². The van der Waals surface area contributed by atoms with Gasteiger partial charge in [0.2, 0.25) is 0 Å². The van der Waals surface area contributed by atoms with E-state index in [1.54, 1.807) is 16.9 Å². The number of likely N-dealkylation sites (tertiary alicyclic amines) is 1. The number of nitrogens with zero attached hydrogens (tertiary/aromatic N) is 3. The van der Waals surface area contributed by atoms with Crippen LogP contribution in [0.1, 0.15) is 49.4 Å². The lowest BCUT2D eigenvalue weighted by atomic mass is 10.1. The van der Waals surface area contributed by atoms with Crippen molar-refractivity contribution < 1.29 is 9.21 Å². The Bertz CT molecular complexity index is 603. The highest BCUT2D eigenvalue weighted by Gasteiger charge is 2.34. The van der Waals surface area contributed by atoms with Crippen LogP contribution in [0.4, 0.5) is 0 Å². The largest absolute Gasteiger partial charge is 0.454 e. The van der Waals surface area contributed by atoms with E-state index in [2.05, 4.69) is 18.9 Å². The molecule has 0 spiro atoms. The Morgan fingerprint density at radius 1 is 1.43 bits per heavy atom. The summed E-state index contributed by atoms with van der Waals surface area (Å²) in [6, 6.07) is 6.14. The van der Waals surface area contributed by atoms with Gasteiger partial charge in [0.1, 0.15) is 5.76 Å². The van der Waals surface area contributed by atoms with E-state index in [4.69, 9.17) is 4.42 Å². The SMILES string of the molecule is CCC1CCC(C)N1C(=O)c1ccc(Cn2cccn2)o1. The maximum atomic E-state index is 12.7. The van der Waals surface area contributed by atoms with Crippen LogP contribution in [0.15, 0.2) is 35.0 Å². The summed E-state index contributed by atoms with van der Waals surface area (Å²) in [6.07, 6.45) is 6.76. The highest BCUT2D eigenvalue weighted by molar-refractivity contribution is 5.92. The molecule has 0 N–H and O–H groups in total. The molecule has 21 heavy (non-hydrogen) atoms. The summed E-state index contributed by atoms with van der Waals surface area (Å²) in [4.78, 5) is 14.6. The molecular weight excluding hydrogens is 266 g/mol. The minimum absolute atomic E-state index is 0.0126. The van der Waals surface area contributed by atoms with E-state index >= 15 is 0 Å². The fourth-order valence-electron chi connectivity index (χ4n) is 3.10. The Morgan fingerprint density at radius 3 is 3.00 bits per heavy atom. The number of amides is 1. The van der Waals surface area contributed by atoms with Crippen LogP contribution in [-0.2, 0) is 6.54 Å². The van der Waals surface area contributed by atoms with Crippen molar-refractivity contribution in [2.75, 3.05) is 0 Å². The van der Waals surface area contributed by atoms with Gasteiger partial charge < -0.3 is 9.32 Å². The zero-order chi connectivity index (χ0) is 14.8. The Balaban J connectivity index is 1.74. The number of carbonyl (C=O) groups excluding carboxylic acids is 1. The Hall–Kier alpha value is -2.04. The maximum Gasteiger partial charge on any atom is 0.290 e. The third kappa shape index (κ3) is 2.73. The van der Waals surface area contributed by atoms with Crippen molar-refractivity contribution in [3.63, 3.8) is 0 Å². The quantitative estimate of drug-likeness (QED) is 0.868. The first-order chi connectivity index (χ1) is 10.2. The molecule has 1 aliphatic rings. The second-order valence-corrected chi connectivity index (χ2v) is 5.67. The fourth-order valence-corrected chi connectivity index (χ4v) is 3.10. The molecule has 1 fully saturated rings. The van der Waals surface area contributed by atoms with Crippen LogP contribution in [0.2, 0.25) is 0 Å². The smallest absolute Gasteiger partial charge is 0.290 e. The van der Waals surface area contributed by atoms with E-state index in [-0.39, 0.29) is 5.91 Å². The molecule has 0 aromatic carbocycles. The Labute approximate surface area is 124 Å². The van der Waals surface area contributed by atoms with Crippen molar-refractivity contribution in [3.8, 4) is 0 Å². The van der Waals surface area contributed by atoms with Crippen molar-refractivity contribution in [1.82, 2.24) is 14.7 Å². The first-order valence-corrected chi connectivity index (χ1v) is 7.58. The molecule has 5 nitrogen and oxygen atoms in total. The molecule has 2 aromatic rings. The molecule has 5 heteroatoms. The highest BCUT2D eigenvalue weighted by atomic mass is 16.4. The second-order valence-electron chi connectivity index (χ2n) is 5.67. The molecule has 2 aromatic heterocycles. The van der Waals surface area contributed by atoms with Gasteiger partial charge >= 0.3 is 0 Å². The van der Waals surface area contributed by atoms with Crippen LogP contribution in [0.25, 0.3) is 0 Å². The third-order valence-corrected chi connectivity index (χ3v) is 4.24. The van der Waals surface area contributed by atoms with Gasteiger partial charge in [0, 0.05) is 24.5 Å². The van der Waals surface area contributed by atoms with E-state index in [1.165, 1.54) is 0 Å². The molecule has 3 heterocycles. The van der Waals surface area contributed by atoms with Gasteiger partial charge in [0.15, 0.2) is 5.76 Å². The molecule has 1 saturated heterocycles. The molecule has 0 aliphatic carbocycles. The summed E-state index contributed by atoms with van der Waals surface area (Å²) in [5.41, 5.74) is 0. The molecule has 2 unspecified atom stereocenters. The molecule has 2 atom stereocenters. The first-order valence-electron chi connectivity index (χ1n) is 7.58. The Morgan fingerprint density at radius 2 is 2.29 bits per heavy atom. The number of furan rings is 1. The zero-order valence-electron chi connectivity index (χ0n) is 12.5. The number of hydrogen-bond donors (Lipinski definition) is 0. The second kappa shape index (κ2) is 5.76. The zero-order valence-corrected chi connectivity index (χ0v) is 12.5. The van der Waals surface area contributed by atoms with Crippen molar-refractivity contribution >= 4 is 5.91 Å². The van der Waals surface area contributed by atoms with E-state index in [0.717, 1.165) is 25.0 Å². The third-order valence-electron chi connectivity index (χ3n) is 4.24. The summed E-state index contributed by atoms with van der Waals surface area (Å²) >= 11 is 0. The molecule has 3 rings (SSSR count). The minimum Gasteiger partial charge on any atom is -0.454 e. The van der Waals surface area contributed by atoms with E-state index in [0.29, 0.717) is 24.4 Å². The van der Waals surface area contributed by atoms with Crippen molar-refractivity contribution in [2.24, 2.45) is 0 Å². The summed E-state index contributed by atoms with van der Waals surface area (Å²) in [5.74, 6) is 1.20.